The molecule has 0 bridgehead atoms. The van der Waals surface area contributed by atoms with E-state index >= 15 is 0 Å². The quantitative estimate of drug-likeness (QED) is 0.338. The minimum absolute atomic E-state index is 0.0351. The monoisotopic (exact) mass is 450 g/mol. The smallest absolute Gasteiger partial charge is 0.301 e. The average molecular weight is 451 g/mol. The highest BCUT2D eigenvalue weighted by Gasteiger charge is 2.48. The van der Waals surface area contributed by atoms with E-state index < -0.39 is 17.7 Å². The van der Waals surface area contributed by atoms with Crippen LogP contribution < -0.4 is 9.64 Å². The molecular weight excluding hydrogens is 428 g/mol. The minimum Gasteiger partial charge on any atom is -0.507 e. The number of Topliss-reactive ketones (excluding diaryl/α,β-unsaturated/α-hetero) is 1. The van der Waals surface area contributed by atoms with E-state index in [2.05, 4.69) is 4.98 Å². The summed E-state index contributed by atoms with van der Waals surface area (Å²) in [6.45, 7) is 5.82. The fraction of sp³-hybridized carbons (Fsp3) is 0.208. The van der Waals surface area contributed by atoms with Crippen LogP contribution >= 0.6 is 11.3 Å². The number of aromatic nitrogens is 1. The highest BCUT2D eigenvalue weighted by atomic mass is 32.1. The lowest BCUT2D eigenvalue weighted by atomic mass is 9.93. The number of phenols is 1. The van der Waals surface area contributed by atoms with Crippen LogP contribution in [0.15, 0.2) is 53.5 Å². The number of amides is 1. The molecule has 0 spiro atoms. The zero-order chi connectivity index (χ0) is 23.0. The molecule has 1 saturated heterocycles. The molecule has 32 heavy (non-hydrogen) atoms. The van der Waals surface area contributed by atoms with Crippen molar-refractivity contribution >= 4 is 33.9 Å². The molecule has 3 aromatic rings. The number of phenolic OH excluding ortho intramolecular Hbond substituents is 1. The topological polar surface area (TPSA) is 100.0 Å². The van der Waals surface area contributed by atoms with E-state index in [0.29, 0.717) is 22.9 Å². The third-order valence-corrected chi connectivity index (χ3v) is 6.09. The number of aliphatic hydroxyl groups excluding tert-OH is 1. The molecule has 164 valence electrons. The molecule has 4 rings (SSSR count). The van der Waals surface area contributed by atoms with Crippen molar-refractivity contribution in [2.45, 2.75) is 26.8 Å². The fourth-order valence-corrected chi connectivity index (χ4v) is 4.46. The first-order chi connectivity index (χ1) is 15.3. The van der Waals surface area contributed by atoms with Gasteiger partial charge in [-0.2, -0.15) is 0 Å². The van der Waals surface area contributed by atoms with Crippen molar-refractivity contribution in [2.75, 3.05) is 11.5 Å². The summed E-state index contributed by atoms with van der Waals surface area (Å²) in [4.78, 5) is 31.8. The molecule has 1 aliphatic rings. The largest absolute Gasteiger partial charge is 0.507 e. The van der Waals surface area contributed by atoms with Crippen LogP contribution in [0.5, 0.6) is 11.5 Å². The number of aliphatic hydroxyl groups is 1. The number of rotatable bonds is 5. The first-order valence-corrected chi connectivity index (χ1v) is 10.9. The van der Waals surface area contributed by atoms with Crippen LogP contribution in [-0.4, -0.2) is 33.5 Å². The Morgan fingerprint density at radius 1 is 1.19 bits per heavy atom. The van der Waals surface area contributed by atoms with E-state index in [4.69, 9.17) is 4.74 Å². The Kier molecular flexibility index (Phi) is 5.71. The number of aryl methyl sites for hydroxylation is 2. The zero-order valence-corrected chi connectivity index (χ0v) is 18.6. The van der Waals surface area contributed by atoms with Gasteiger partial charge in [0.2, 0.25) is 0 Å². The second-order valence-corrected chi connectivity index (χ2v) is 8.34. The average Bonchev–Trinajstić information content (AvgIpc) is 3.38. The molecule has 8 heteroatoms. The summed E-state index contributed by atoms with van der Waals surface area (Å²) in [6.07, 6.45) is 1.55. The first-order valence-electron chi connectivity index (χ1n) is 10.1. The van der Waals surface area contributed by atoms with Gasteiger partial charge in [-0.05, 0) is 50.1 Å². The molecule has 0 unspecified atom stereocenters. The number of benzene rings is 2. The summed E-state index contributed by atoms with van der Waals surface area (Å²) in [5.74, 6) is -1.66. The molecule has 1 fully saturated rings. The molecule has 0 saturated carbocycles. The first kappa shape index (κ1) is 21.6. The van der Waals surface area contributed by atoms with Crippen LogP contribution in [0, 0.1) is 13.8 Å². The van der Waals surface area contributed by atoms with Gasteiger partial charge in [0, 0.05) is 17.1 Å². The van der Waals surface area contributed by atoms with Crippen LogP contribution in [-0.2, 0) is 9.59 Å². The lowest BCUT2D eigenvalue weighted by Crippen LogP contribution is -2.29. The predicted octanol–water partition coefficient (Wildman–Crippen LogP) is 4.49. The van der Waals surface area contributed by atoms with E-state index in [9.17, 15) is 19.8 Å². The summed E-state index contributed by atoms with van der Waals surface area (Å²) in [7, 11) is 0. The Balaban J connectivity index is 1.98. The van der Waals surface area contributed by atoms with E-state index in [1.54, 1.807) is 36.7 Å². The van der Waals surface area contributed by atoms with E-state index in [1.807, 2.05) is 26.0 Å². The normalized spacial score (nSPS) is 17.7. The van der Waals surface area contributed by atoms with Crippen LogP contribution in [0.25, 0.3) is 5.76 Å². The number of ketones is 1. The van der Waals surface area contributed by atoms with E-state index in [1.165, 1.54) is 22.3 Å². The standard InChI is InChI=1S/C24H22N2O5S/c1-4-31-18-12-15(7-8-17(18)27)20-19(21(28)16-11-13(2)5-6-14(16)3)22(29)23(30)26(20)24-25-9-10-32-24/h5-12,20,27-28H,4H2,1-3H3/t20-/m1/s1. The van der Waals surface area contributed by atoms with Gasteiger partial charge in [-0.1, -0.05) is 23.8 Å². The number of anilines is 1. The van der Waals surface area contributed by atoms with Gasteiger partial charge in [0.05, 0.1) is 18.2 Å². The lowest BCUT2D eigenvalue weighted by Gasteiger charge is -2.23. The predicted molar refractivity (Wildman–Crippen MR) is 122 cm³/mol. The molecule has 2 heterocycles. The van der Waals surface area contributed by atoms with Crippen molar-refractivity contribution < 1.29 is 24.5 Å². The van der Waals surface area contributed by atoms with Crippen molar-refractivity contribution in [3.05, 3.63) is 75.8 Å². The Morgan fingerprint density at radius 2 is 1.97 bits per heavy atom. The molecule has 1 atom stereocenters. The molecule has 2 aromatic carbocycles. The molecule has 1 aliphatic heterocycles. The zero-order valence-electron chi connectivity index (χ0n) is 17.8. The van der Waals surface area contributed by atoms with Crippen LogP contribution in [0.1, 0.15) is 35.2 Å². The van der Waals surface area contributed by atoms with E-state index in [0.717, 1.165) is 11.1 Å². The maximum absolute atomic E-state index is 13.2. The Morgan fingerprint density at radius 3 is 2.66 bits per heavy atom. The third-order valence-electron chi connectivity index (χ3n) is 5.32. The van der Waals surface area contributed by atoms with Gasteiger partial charge in [0.1, 0.15) is 5.76 Å². The van der Waals surface area contributed by atoms with Gasteiger partial charge in [-0.15, -0.1) is 11.3 Å². The minimum atomic E-state index is -0.930. The van der Waals surface area contributed by atoms with Gasteiger partial charge >= 0.3 is 5.91 Å². The summed E-state index contributed by atoms with van der Waals surface area (Å²) in [5, 5.41) is 23.5. The fourth-order valence-electron chi connectivity index (χ4n) is 3.79. The number of carbonyl (C=O) groups is 2. The lowest BCUT2D eigenvalue weighted by molar-refractivity contribution is -0.132. The number of aromatic hydroxyl groups is 1. The Hall–Kier alpha value is -3.65. The number of hydrogen-bond donors (Lipinski definition) is 2. The number of hydrogen-bond acceptors (Lipinski definition) is 7. The maximum Gasteiger partial charge on any atom is 0.301 e. The molecule has 7 nitrogen and oxygen atoms in total. The molecule has 0 radical (unpaired) electrons. The second-order valence-electron chi connectivity index (χ2n) is 7.46. The highest BCUT2D eigenvalue weighted by molar-refractivity contribution is 7.14. The molecule has 0 aliphatic carbocycles. The van der Waals surface area contributed by atoms with Gasteiger partial charge < -0.3 is 14.9 Å². The SMILES string of the molecule is CCOc1cc([C@@H]2C(=C(O)c3cc(C)ccc3C)C(=O)C(=O)N2c2nccs2)ccc1O. The van der Waals surface area contributed by atoms with Crippen molar-refractivity contribution in [1.82, 2.24) is 4.98 Å². The molecule has 1 aromatic heterocycles. The Labute approximate surface area is 189 Å². The third kappa shape index (κ3) is 3.62. The second kappa shape index (κ2) is 8.47. The Bertz CT molecular complexity index is 1230. The van der Waals surface area contributed by atoms with Gasteiger partial charge in [0.15, 0.2) is 16.6 Å². The van der Waals surface area contributed by atoms with Gasteiger partial charge in [0.25, 0.3) is 5.78 Å². The number of ether oxygens (including phenoxy) is 1. The van der Waals surface area contributed by atoms with Crippen molar-refractivity contribution in [1.29, 1.82) is 0 Å². The van der Waals surface area contributed by atoms with Crippen molar-refractivity contribution in [2.24, 2.45) is 0 Å². The summed E-state index contributed by atoms with van der Waals surface area (Å²) >= 11 is 1.21. The van der Waals surface area contributed by atoms with Crippen LogP contribution in [0.3, 0.4) is 0 Å². The number of nitrogens with zero attached hydrogens (tertiary/aromatic N) is 2. The van der Waals surface area contributed by atoms with Gasteiger partial charge in [-0.3, -0.25) is 14.5 Å². The van der Waals surface area contributed by atoms with E-state index in [-0.39, 0.29) is 22.8 Å². The van der Waals surface area contributed by atoms with Crippen molar-refractivity contribution in [3.8, 4) is 11.5 Å². The molecule has 2 N–H and O–H groups in total. The van der Waals surface area contributed by atoms with Crippen LogP contribution in [0.2, 0.25) is 0 Å². The maximum atomic E-state index is 13.2. The number of thiazole rings is 1. The summed E-state index contributed by atoms with van der Waals surface area (Å²) in [5.41, 5.74) is 2.63. The van der Waals surface area contributed by atoms with Crippen LogP contribution in [0.4, 0.5) is 5.13 Å². The molecular formula is C24H22N2O5S. The highest BCUT2D eigenvalue weighted by Crippen LogP contribution is 2.44. The van der Waals surface area contributed by atoms with Crippen molar-refractivity contribution in [3.63, 3.8) is 0 Å². The molecule has 1 amide bonds. The number of carbonyl (C=O) groups excluding carboxylic acids is 2. The van der Waals surface area contributed by atoms with Gasteiger partial charge in [-0.25, -0.2) is 4.98 Å². The summed E-state index contributed by atoms with van der Waals surface area (Å²) in [6, 6.07) is 9.23. The summed E-state index contributed by atoms with van der Waals surface area (Å²) < 4.78 is 5.50.